The van der Waals surface area contributed by atoms with Crippen LogP contribution < -0.4 is 4.90 Å². The van der Waals surface area contributed by atoms with Gasteiger partial charge in [-0.15, -0.1) is 0 Å². The van der Waals surface area contributed by atoms with Crippen LogP contribution >= 0.6 is 11.8 Å². The van der Waals surface area contributed by atoms with E-state index in [-0.39, 0.29) is 30.4 Å². The number of nitrogens with zero attached hydrogens (tertiary/aromatic N) is 3. The largest absolute Gasteiger partial charge is 0.431 e. The van der Waals surface area contributed by atoms with Gasteiger partial charge in [-0.3, -0.25) is 4.79 Å². The van der Waals surface area contributed by atoms with E-state index in [0.717, 1.165) is 5.52 Å². The molecule has 0 aliphatic carbocycles. The van der Waals surface area contributed by atoms with Gasteiger partial charge in [0, 0.05) is 12.2 Å². The Balaban J connectivity index is 1.71. The number of nitriles is 1. The highest BCUT2D eigenvalue weighted by Gasteiger charge is 2.17. The van der Waals surface area contributed by atoms with Crippen LogP contribution in [0, 0.1) is 17.1 Å². The van der Waals surface area contributed by atoms with Crippen molar-refractivity contribution in [2.45, 2.75) is 11.6 Å². The summed E-state index contributed by atoms with van der Waals surface area (Å²) < 4.78 is 18.7. The molecule has 0 bridgehead atoms. The van der Waals surface area contributed by atoms with Gasteiger partial charge in [-0.25, -0.2) is 9.37 Å². The lowest BCUT2D eigenvalue weighted by molar-refractivity contribution is -0.116. The number of aromatic nitrogens is 1. The molecule has 25 heavy (non-hydrogen) atoms. The van der Waals surface area contributed by atoms with Crippen LogP contribution in [0.5, 0.6) is 0 Å². The lowest BCUT2D eigenvalue weighted by atomic mass is 10.2. The van der Waals surface area contributed by atoms with Crippen LogP contribution in [-0.4, -0.2) is 23.2 Å². The first-order valence-corrected chi connectivity index (χ1v) is 8.57. The molecule has 1 amide bonds. The summed E-state index contributed by atoms with van der Waals surface area (Å²) in [6, 6.07) is 15.0. The zero-order valence-electron chi connectivity index (χ0n) is 13.2. The number of para-hydroxylation sites is 2. The fourth-order valence-corrected chi connectivity index (χ4v) is 3.01. The number of fused-ring (bicyclic) bond motifs is 1. The number of amides is 1. The number of halogens is 1. The fourth-order valence-electron chi connectivity index (χ4n) is 2.29. The summed E-state index contributed by atoms with van der Waals surface area (Å²) in [5.74, 6) is -0.471. The first kappa shape index (κ1) is 17.0. The van der Waals surface area contributed by atoms with Crippen molar-refractivity contribution in [3.05, 3.63) is 54.3 Å². The average Bonchev–Trinajstić information content (AvgIpc) is 3.04. The van der Waals surface area contributed by atoms with E-state index in [4.69, 9.17) is 9.68 Å². The van der Waals surface area contributed by atoms with Gasteiger partial charge in [0.15, 0.2) is 5.58 Å². The zero-order valence-corrected chi connectivity index (χ0v) is 14.0. The van der Waals surface area contributed by atoms with E-state index in [1.165, 1.54) is 40.9 Å². The van der Waals surface area contributed by atoms with E-state index in [2.05, 4.69) is 4.98 Å². The van der Waals surface area contributed by atoms with E-state index in [0.29, 0.717) is 16.5 Å². The molecule has 126 valence electrons. The Hall–Kier alpha value is -2.85. The van der Waals surface area contributed by atoms with Crippen LogP contribution in [0.25, 0.3) is 11.1 Å². The van der Waals surface area contributed by atoms with Crippen LogP contribution in [-0.2, 0) is 4.79 Å². The minimum Gasteiger partial charge on any atom is -0.431 e. The minimum absolute atomic E-state index is 0.107. The third kappa shape index (κ3) is 4.17. The molecule has 3 aromatic rings. The van der Waals surface area contributed by atoms with E-state index in [9.17, 15) is 9.18 Å². The number of carbonyl (C=O) groups excluding carboxylic acids is 1. The quantitative estimate of drug-likeness (QED) is 0.625. The molecule has 0 aliphatic heterocycles. The summed E-state index contributed by atoms with van der Waals surface area (Å²) in [5, 5.41) is 9.21. The molecule has 7 heteroatoms. The number of rotatable bonds is 6. The highest BCUT2D eigenvalue weighted by atomic mass is 32.2. The second-order valence-electron chi connectivity index (χ2n) is 5.17. The first-order chi connectivity index (χ1) is 12.2. The Morgan fingerprint density at radius 3 is 2.72 bits per heavy atom. The van der Waals surface area contributed by atoms with Gasteiger partial charge >= 0.3 is 0 Å². The van der Waals surface area contributed by atoms with E-state index in [1.54, 1.807) is 0 Å². The molecule has 0 unspecified atom stereocenters. The number of thioether (sulfide) groups is 1. The van der Waals surface area contributed by atoms with Crippen molar-refractivity contribution in [1.82, 2.24) is 4.98 Å². The number of hydrogen-bond donors (Lipinski definition) is 0. The third-order valence-electron chi connectivity index (χ3n) is 3.48. The molecule has 5 nitrogen and oxygen atoms in total. The average molecular weight is 355 g/mol. The topological polar surface area (TPSA) is 70.1 Å². The zero-order chi connectivity index (χ0) is 17.6. The molecule has 0 N–H and O–H groups in total. The molecule has 0 atom stereocenters. The lowest BCUT2D eigenvalue weighted by Gasteiger charge is -2.21. The molecule has 1 aromatic heterocycles. The smallest absolute Gasteiger partial charge is 0.257 e. The highest BCUT2D eigenvalue weighted by molar-refractivity contribution is 7.99. The second-order valence-corrected chi connectivity index (χ2v) is 6.09. The van der Waals surface area contributed by atoms with Crippen LogP contribution in [0.15, 0.2) is 58.2 Å². The van der Waals surface area contributed by atoms with E-state index >= 15 is 0 Å². The molecular formula is C18H14FN3O2S. The van der Waals surface area contributed by atoms with Crippen molar-refractivity contribution in [2.24, 2.45) is 0 Å². The maximum atomic E-state index is 13.1. The van der Waals surface area contributed by atoms with Gasteiger partial charge in [-0.1, -0.05) is 23.9 Å². The van der Waals surface area contributed by atoms with Crippen molar-refractivity contribution in [3.63, 3.8) is 0 Å². The number of carbonyl (C=O) groups is 1. The third-order valence-corrected chi connectivity index (χ3v) is 4.29. The minimum atomic E-state index is -0.378. The van der Waals surface area contributed by atoms with Crippen LogP contribution in [0.1, 0.15) is 6.42 Å². The summed E-state index contributed by atoms with van der Waals surface area (Å²) in [7, 11) is 0. The SMILES string of the molecule is N#CCCN(C(=O)CSc1nc2ccccc2o1)c1ccc(F)cc1. The standard InChI is InChI=1S/C18H14FN3O2S/c19-13-6-8-14(9-7-13)22(11-3-10-20)17(23)12-25-18-21-15-4-1-2-5-16(15)24-18/h1-2,4-9H,3,11-12H2. The maximum absolute atomic E-state index is 13.1. The Morgan fingerprint density at radius 2 is 2.00 bits per heavy atom. The van der Waals surface area contributed by atoms with Crippen LogP contribution in [0.2, 0.25) is 0 Å². The van der Waals surface area contributed by atoms with Gasteiger partial charge in [0.05, 0.1) is 18.2 Å². The van der Waals surface area contributed by atoms with Crippen molar-refractivity contribution in [2.75, 3.05) is 17.2 Å². The maximum Gasteiger partial charge on any atom is 0.257 e. The highest BCUT2D eigenvalue weighted by Crippen LogP contribution is 2.24. The molecule has 2 aromatic carbocycles. The Morgan fingerprint density at radius 1 is 1.24 bits per heavy atom. The van der Waals surface area contributed by atoms with Crippen molar-refractivity contribution >= 4 is 34.5 Å². The Labute approximate surface area is 148 Å². The molecular weight excluding hydrogens is 341 g/mol. The van der Waals surface area contributed by atoms with Gasteiger partial charge in [0.1, 0.15) is 11.3 Å². The molecule has 0 radical (unpaired) electrons. The molecule has 0 fully saturated rings. The molecule has 0 saturated heterocycles. The van der Waals surface area contributed by atoms with Crippen molar-refractivity contribution < 1.29 is 13.6 Å². The van der Waals surface area contributed by atoms with Gasteiger partial charge in [0.25, 0.3) is 5.22 Å². The summed E-state index contributed by atoms with van der Waals surface area (Å²) in [4.78, 5) is 18.3. The number of oxazole rings is 1. The fraction of sp³-hybridized carbons (Fsp3) is 0.167. The Bertz CT molecular complexity index is 885. The summed E-state index contributed by atoms with van der Waals surface area (Å²) in [6.07, 6.45) is 0.191. The molecule has 0 aliphatic rings. The van der Waals surface area contributed by atoms with E-state index < -0.39 is 0 Å². The lowest BCUT2D eigenvalue weighted by Crippen LogP contribution is -2.33. The normalized spacial score (nSPS) is 10.6. The predicted molar refractivity (Wildman–Crippen MR) is 93.7 cm³/mol. The van der Waals surface area contributed by atoms with Crippen LogP contribution in [0.4, 0.5) is 10.1 Å². The predicted octanol–water partition coefficient (Wildman–Crippen LogP) is 4.01. The van der Waals surface area contributed by atoms with Gasteiger partial charge in [0.2, 0.25) is 5.91 Å². The molecule has 0 spiro atoms. The Kier molecular flexibility index (Phi) is 5.31. The molecule has 1 heterocycles. The summed E-state index contributed by atoms with van der Waals surface area (Å²) in [6.45, 7) is 0.245. The second kappa shape index (κ2) is 7.81. The molecule has 0 saturated carbocycles. The monoisotopic (exact) mass is 355 g/mol. The van der Waals surface area contributed by atoms with Crippen LogP contribution in [0.3, 0.4) is 0 Å². The summed E-state index contributed by atoms with van der Waals surface area (Å²) >= 11 is 1.19. The number of hydrogen-bond acceptors (Lipinski definition) is 5. The van der Waals surface area contributed by atoms with E-state index in [1.807, 2.05) is 30.3 Å². The van der Waals surface area contributed by atoms with Gasteiger partial charge in [-0.05, 0) is 36.4 Å². The number of benzene rings is 2. The van der Waals surface area contributed by atoms with Crippen molar-refractivity contribution in [1.29, 1.82) is 5.26 Å². The number of anilines is 1. The first-order valence-electron chi connectivity index (χ1n) is 7.58. The van der Waals surface area contributed by atoms with Crippen molar-refractivity contribution in [3.8, 4) is 6.07 Å². The van der Waals surface area contributed by atoms with Gasteiger partial charge in [-0.2, -0.15) is 5.26 Å². The molecule has 3 rings (SSSR count). The van der Waals surface area contributed by atoms with Gasteiger partial charge < -0.3 is 9.32 Å². The summed E-state index contributed by atoms with van der Waals surface area (Å²) in [5.41, 5.74) is 1.95.